The fourth-order valence-electron chi connectivity index (χ4n) is 5.14. The van der Waals surface area contributed by atoms with Crippen LogP contribution in [0.5, 0.6) is 0 Å². The van der Waals surface area contributed by atoms with Crippen molar-refractivity contribution >= 4 is 41.1 Å². The van der Waals surface area contributed by atoms with Crippen molar-refractivity contribution in [3.05, 3.63) is 107 Å². The van der Waals surface area contributed by atoms with Gasteiger partial charge >= 0.3 is 5.97 Å². The van der Waals surface area contributed by atoms with Gasteiger partial charge in [-0.3, -0.25) is 9.59 Å². The second-order valence-electron chi connectivity index (χ2n) is 11.6. The minimum Gasteiger partial charge on any atom is -0.462 e. The number of tetrazole rings is 1. The largest absolute Gasteiger partial charge is 0.462 e. The summed E-state index contributed by atoms with van der Waals surface area (Å²) in [5.41, 5.74) is 2.99. The number of amides is 2. The zero-order valence-corrected chi connectivity index (χ0v) is 28.8. The van der Waals surface area contributed by atoms with Gasteiger partial charge in [-0.05, 0) is 96.9 Å². The van der Waals surface area contributed by atoms with Gasteiger partial charge in [0.1, 0.15) is 12.4 Å². The van der Waals surface area contributed by atoms with Gasteiger partial charge in [0.2, 0.25) is 11.8 Å². The first kappa shape index (κ1) is 37.0. The van der Waals surface area contributed by atoms with Crippen molar-refractivity contribution < 1.29 is 19.1 Å². The van der Waals surface area contributed by atoms with Gasteiger partial charge in [0, 0.05) is 35.3 Å². The number of anilines is 1. The first-order valence-electron chi connectivity index (χ1n) is 16.7. The Morgan fingerprint density at radius 2 is 1.65 bits per heavy atom. The van der Waals surface area contributed by atoms with Crippen LogP contribution in [0.3, 0.4) is 0 Å². The van der Waals surface area contributed by atoms with Gasteiger partial charge < -0.3 is 20.3 Å². The minimum atomic E-state index is -0.892. The molecule has 1 heterocycles. The summed E-state index contributed by atoms with van der Waals surface area (Å²) in [4.78, 5) is 41.7. The zero-order valence-electron chi connectivity index (χ0n) is 28.1. The molecule has 0 fully saturated rings. The third kappa shape index (κ3) is 12.3. The smallest absolute Gasteiger partial charge is 0.338 e. The number of esters is 1. The lowest BCUT2D eigenvalue weighted by Gasteiger charge is -2.21. The molecular formula is C37H44ClN7O4. The molecule has 0 saturated carbocycles. The maximum absolute atomic E-state index is 13.5. The molecule has 49 heavy (non-hydrogen) atoms. The van der Waals surface area contributed by atoms with Crippen LogP contribution in [0.25, 0.3) is 11.8 Å². The Balaban J connectivity index is 1.35. The zero-order chi connectivity index (χ0) is 34.8. The van der Waals surface area contributed by atoms with Crippen LogP contribution >= 0.6 is 11.6 Å². The topological polar surface area (TPSA) is 131 Å². The van der Waals surface area contributed by atoms with E-state index in [-0.39, 0.29) is 6.42 Å². The highest BCUT2D eigenvalue weighted by Gasteiger charge is 2.21. The maximum atomic E-state index is 13.5. The highest BCUT2D eigenvalue weighted by atomic mass is 35.5. The predicted octanol–water partition coefficient (Wildman–Crippen LogP) is 6.14. The van der Waals surface area contributed by atoms with Crippen molar-refractivity contribution in [2.24, 2.45) is 0 Å². The third-order valence-electron chi connectivity index (χ3n) is 7.81. The van der Waals surface area contributed by atoms with E-state index in [1.54, 1.807) is 48.5 Å². The standard InChI is InChI=1S/C37H44ClN7O4/c1-3-5-21-44(22-6-4-2)23-10-24-49-37(48)29-13-17-32(18-14-29)40-36(47)33(25-28-11-8-7-9-12-28)41-35(46)20-15-30-26-31(38)16-19-34(30)45-27-39-42-43-45/h7-9,11-20,26-27,33H,3-6,10,21-25H2,1-2H3,(H,40,47)(H,41,46)/b20-15+/t33-/m0/s1. The molecule has 258 valence electrons. The van der Waals surface area contributed by atoms with E-state index in [1.165, 1.54) is 17.1 Å². The van der Waals surface area contributed by atoms with Gasteiger partial charge in [0.05, 0.1) is 17.9 Å². The number of unbranched alkanes of at least 4 members (excludes halogenated alkanes) is 2. The van der Waals surface area contributed by atoms with Crippen molar-refractivity contribution in [3.63, 3.8) is 0 Å². The average Bonchev–Trinajstić information content (AvgIpc) is 3.65. The van der Waals surface area contributed by atoms with Crippen LogP contribution in [0.1, 0.15) is 67.4 Å². The summed E-state index contributed by atoms with van der Waals surface area (Å²) in [6.07, 6.45) is 10.0. The molecule has 0 saturated heterocycles. The molecule has 1 atom stereocenters. The molecule has 0 aliphatic carbocycles. The Labute approximate surface area is 292 Å². The Morgan fingerprint density at radius 3 is 2.33 bits per heavy atom. The molecule has 2 N–H and O–H groups in total. The molecule has 0 spiro atoms. The highest BCUT2D eigenvalue weighted by molar-refractivity contribution is 6.30. The number of hydrogen-bond donors (Lipinski definition) is 2. The Bertz CT molecular complexity index is 1640. The van der Waals surface area contributed by atoms with E-state index in [2.05, 4.69) is 44.9 Å². The monoisotopic (exact) mass is 685 g/mol. The molecule has 2 amide bonds. The molecular weight excluding hydrogens is 642 g/mol. The second kappa shape index (κ2) is 19.8. The van der Waals surface area contributed by atoms with E-state index in [9.17, 15) is 14.4 Å². The number of nitrogens with zero attached hydrogens (tertiary/aromatic N) is 5. The highest BCUT2D eigenvalue weighted by Crippen LogP contribution is 2.20. The van der Waals surface area contributed by atoms with Crippen LogP contribution in [-0.2, 0) is 20.7 Å². The number of rotatable bonds is 19. The van der Waals surface area contributed by atoms with Crippen LogP contribution in [0.2, 0.25) is 5.02 Å². The summed E-state index contributed by atoms with van der Waals surface area (Å²) >= 11 is 6.20. The van der Waals surface area contributed by atoms with Crippen molar-refractivity contribution in [2.75, 3.05) is 31.6 Å². The molecule has 12 heteroatoms. The second-order valence-corrected chi connectivity index (χ2v) is 12.1. The lowest BCUT2D eigenvalue weighted by Crippen LogP contribution is -2.44. The summed E-state index contributed by atoms with van der Waals surface area (Å²) in [6.45, 7) is 7.76. The summed E-state index contributed by atoms with van der Waals surface area (Å²) in [6, 6.07) is 20.2. The third-order valence-corrected chi connectivity index (χ3v) is 8.05. The molecule has 0 radical (unpaired) electrons. The lowest BCUT2D eigenvalue weighted by atomic mass is 10.0. The first-order chi connectivity index (χ1) is 23.9. The molecule has 3 aromatic carbocycles. The van der Waals surface area contributed by atoms with Gasteiger partial charge in [-0.2, -0.15) is 4.68 Å². The number of nitrogens with one attached hydrogen (secondary N) is 2. The van der Waals surface area contributed by atoms with Crippen molar-refractivity contribution in [3.8, 4) is 5.69 Å². The number of carbonyl (C=O) groups is 3. The Morgan fingerprint density at radius 1 is 0.939 bits per heavy atom. The average molecular weight is 686 g/mol. The van der Waals surface area contributed by atoms with Crippen LogP contribution in [0, 0.1) is 0 Å². The van der Waals surface area contributed by atoms with Gasteiger partial charge in [0.15, 0.2) is 0 Å². The van der Waals surface area contributed by atoms with E-state index in [0.29, 0.717) is 34.1 Å². The molecule has 4 rings (SSSR count). The van der Waals surface area contributed by atoms with Crippen molar-refractivity contribution in [1.29, 1.82) is 0 Å². The molecule has 4 aromatic rings. The molecule has 0 bridgehead atoms. The fourth-order valence-corrected chi connectivity index (χ4v) is 5.32. The minimum absolute atomic E-state index is 0.262. The fraction of sp³-hybridized carbons (Fsp3) is 0.351. The number of aromatic nitrogens is 4. The van der Waals surface area contributed by atoms with Gasteiger partial charge in [-0.1, -0.05) is 68.6 Å². The Hall–Kier alpha value is -4.87. The van der Waals surface area contributed by atoms with Gasteiger partial charge in [0.25, 0.3) is 0 Å². The summed E-state index contributed by atoms with van der Waals surface area (Å²) in [7, 11) is 0. The molecule has 0 aliphatic rings. The van der Waals surface area contributed by atoms with Crippen LogP contribution in [0.4, 0.5) is 5.69 Å². The number of hydrogen-bond acceptors (Lipinski definition) is 8. The molecule has 0 unspecified atom stereocenters. The lowest BCUT2D eigenvalue weighted by molar-refractivity contribution is -0.123. The summed E-state index contributed by atoms with van der Waals surface area (Å²) < 4.78 is 6.98. The number of ether oxygens (including phenoxy) is 1. The summed E-state index contributed by atoms with van der Waals surface area (Å²) in [5, 5.41) is 17.4. The normalized spacial score (nSPS) is 11.8. The molecule has 0 aliphatic heterocycles. The number of benzene rings is 3. The van der Waals surface area contributed by atoms with Crippen molar-refractivity contribution in [2.45, 2.75) is 58.4 Å². The number of halogens is 1. The van der Waals surface area contributed by atoms with Gasteiger partial charge in [-0.25, -0.2) is 4.79 Å². The van der Waals surface area contributed by atoms with Crippen LogP contribution in [0.15, 0.2) is 85.2 Å². The number of carbonyl (C=O) groups excluding carboxylic acids is 3. The van der Waals surface area contributed by atoms with Crippen molar-refractivity contribution in [1.82, 2.24) is 30.4 Å². The summed E-state index contributed by atoms with van der Waals surface area (Å²) in [5.74, 6) is -1.29. The Kier molecular flexibility index (Phi) is 15.0. The SMILES string of the molecule is CCCCN(CCCC)CCCOC(=O)c1ccc(NC(=O)[C@H](Cc2ccccc2)NC(=O)/C=C/c2cc(Cl)ccc2-n2cnnn2)cc1. The van der Waals surface area contributed by atoms with E-state index >= 15 is 0 Å². The van der Waals surface area contributed by atoms with Crippen LogP contribution < -0.4 is 10.6 Å². The van der Waals surface area contributed by atoms with Gasteiger partial charge in [-0.15, -0.1) is 5.10 Å². The van der Waals surface area contributed by atoms with E-state index < -0.39 is 23.8 Å². The van der Waals surface area contributed by atoms with E-state index in [0.717, 1.165) is 57.3 Å². The molecule has 1 aromatic heterocycles. The maximum Gasteiger partial charge on any atom is 0.338 e. The van der Waals surface area contributed by atoms with Crippen LogP contribution in [-0.4, -0.2) is 75.2 Å². The van der Waals surface area contributed by atoms with E-state index in [1.807, 2.05) is 30.3 Å². The first-order valence-corrected chi connectivity index (χ1v) is 17.1. The quantitative estimate of drug-likeness (QED) is 0.0684. The van der Waals surface area contributed by atoms with E-state index in [4.69, 9.17) is 16.3 Å². The molecule has 11 nitrogen and oxygen atoms in total. The predicted molar refractivity (Wildman–Crippen MR) is 192 cm³/mol.